The van der Waals surface area contributed by atoms with Crippen molar-refractivity contribution < 1.29 is 19.0 Å². The number of hydrogen-bond acceptors (Lipinski definition) is 5. The Kier molecular flexibility index (Phi) is 8.81. The molecule has 0 spiro atoms. The molecule has 4 aromatic rings. The molecular weight excluding hydrogens is 490 g/mol. The molecule has 1 atom stereocenters. The second kappa shape index (κ2) is 12.8. The number of nitrogens with zero attached hydrogens (tertiary/aromatic N) is 2. The lowest BCUT2D eigenvalue weighted by molar-refractivity contribution is -0.121. The van der Waals surface area contributed by atoms with Gasteiger partial charge in [-0.15, -0.1) is 0 Å². The Hall–Kier alpha value is -3.81. The van der Waals surface area contributed by atoms with Crippen LogP contribution in [0.15, 0.2) is 79.0 Å². The third kappa shape index (κ3) is 6.61. The van der Waals surface area contributed by atoms with Gasteiger partial charge < -0.3 is 24.1 Å². The van der Waals surface area contributed by atoms with Crippen molar-refractivity contribution in [1.29, 1.82) is 0 Å². The van der Waals surface area contributed by atoms with Gasteiger partial charge in [-0.3, -0.25) is 9.69 Å². The number of carbonyl (C=O) groups is 1. The van der Waals surface area contributed by atoms with E-state index in [4.69, 9.17) is 14.2 Å². The summed E-state index contributed by atoms with van der Waals surface area (Å²) in [5.74, 6) is 1.22. The van der Waals surface area contributed by atoms with Crippen molar-refractivity contribution in [3.05, 3.63) is 95.7 Å². The van der Waals surface area contributed by atoms with Crippen LogP contribution < -0.4 is 14.8 Å². The van der Waals surface area contributed by atoms with Crippen LogP contribution in [-0.4, -0.2) is 61.9 Å². The van der Waals surface area contributed by atoms with Gasteiger partial charge in [0.2, 0.25) is 5.91 Å². The van der Waals surface area contributed by atoms with E-state index in [0.717, 1.165) is 60.4 Å². The lowest BCUT2D eigenvalue weighted by atomic mass is 9.87. The highest BCUT2D eigenvalue weighted by molar-refractivity contribution is 5.86. The molecule has 1 aliphatic rings. The number of carbonyl (C=O) groups excluding carboxylic acids is 1. The first kappa shape index (κ1) is 26.8. The molecule has 5 rings (SSSR count). The maximum atomic E-state index is 13.2. The number of hydrogen-bond donors (Lipinski definition) is 1. The van der Waals surface area contributed by atoms with E-state index in [2.05, 4.69) is 39.2 Å². The molecule has 1 aliphatic heterocycles. The molecule has 7 heteroatoms. The van der Waals surface area contributed by atoms with Gasteiger partial charge >= 0.3 is 0 Å². The van der Waals surface area contributed by atoms with Crippen molar-refractivity contribution in [2.24, 2.45) is 7.05 Å². The molecule has 0 aliphatic carbocycles. The third-order valence-electron chi connectivity index (χ3n) is 7.37. The van der Waals surface area contributed by atoms with E-state index in [1.807, 2.05) is 61.6 Å². The van der Waals surface area contributed by atoms with Gasteiger partial charge in [-0.1, -0.05) is 54.6 Å². The van der Waals surface area contributed by atoms with Crippen LogP contribution in [0.3, 0.4) is 0 Å². The number of benzene rings is 3. The van der Waals surface area contributed by atoms with Gasteiger partial charge in [0.15, 0.2) is 11.5 Å². The van der Waals surface area contributed by atoms with E-state index < -0.39 is 0 Å². The van der Waals surface area contributed by atoms with E-state index in [1.165, 1.54) is 0 Å². The van der Waals surface area contributed by atoms with Gasteiger partial charge in [-0.05, 0) is 34.9 Å². The molecule has 7 nitrogen and oxygen atoms in total. The number of fused-ring (bicyclic) bond motifs is 1. The molecule has 1 fully saturated rings. The normalized spacial score (nSPS) is 14.7. The van der Waals surface area contributed by atoms with Crippen LogP contribution in [0.25, 0.3) is 10.9 Å². The standard InChI is InChI=1S/C32H37N3O4/c1-34-22-28(26-10-6-7-11-29(26)34)27(21-32(36)33-14-15-35-16-18-38-19-17-35)25-12-13-30(31(20-25)37-2)39-23-24-8-4-3-5-9-24/h3-13,20,22,27H,14-19,21,23H2,1-2H3,(H,33,36)/t27-/m0/s1. The Morgan fingerprint density at radius 3 is 2.56 bits per heavy atom. The Morgan fingerprint density at radius 1 is 1.00 bits per heavy atom. The van der Waals surface area contributed by atoms with E-state index in [-0.39, 0.29) is 11.8 Å². The van der Waals surface area contributed by atoms with Crippen LogP contribution in [0.5, 0.6) is 11.5 Å². The van der Waals surface area contributed by atoms with Crippen LogP contribution in [0, 0.1) is 0 Å². The SMILES string of the molecule is COc1cc([C@H](CC(=O)NCCN2CCOCC2)c2cn(C)c3ccccc23)ccc1OCc1ccccc1. The largest absolute Gasteiger partial charge is 0.493 e. The molecule has 1 N–H and O–H groups in total. The van der Waals surface area contributed by atoms with E-state index in [1.54, 1.807) is 7.11 Å². The molecule has 204 valence electrons. The van der Waals surface area contributed by atoms with Crippen molar-refractivity contribution in [2.75, 3.05) is 46.5 Å². The highest BCUT2D eigenvalue weighted by atomic mass is 16.5. The lowest BCUT2D eigenvalue weighted by Gasteiger charge is -2.26. The summed E-state index contributed by atoms with van der Waals surface area (Å²) in [6.45, 7) is 5.23. The fourth-order valence-electron chi connectivity index (χ4n) is 5.25. The van der Waals surface area contributed by atoms with Crippen molar-refractivity contribution in [3.8, 4) is 11.5 Å². The quantitative estimate of drug-likeness (QED) is 0.305. The number of aryl methyl sites for hydroxylation is 1. The predicted octanol–water partition coefficient (Wildman–Crippen LogP) is 4.74. The zero-order valence-electron chi connectivity index (χ0n) is 22.8. The monoisotopic (exact) mass is 527 g/mol. The van der Waals surface area contributed by atoms with Crippen molar-refractivity contribution in [2.45, 2.75) is 18.9 Å². The molecule has 0 unspecified atom stereocenters. The summed E-state index contributed by atoms with van der Waals surface area (Å²) in [6.07, 6.45) is 2.48. The van der Waals surface area contributed by atoms with E-state index in [0.29, 0.717) is 31.1 Å². The molecule has 0 bridgehead atoms. The highest BCUT2D eigenvalue weighted by Crippen LogP contribution is 2.38. The molecular formula is C32H37N3O4. The smallest absolute Gasteiger partial charge is 0.220 e. The zero-order valence-corrected chi connectivity index (χ0v) is 22.8. The fourth-order valence-corrected chi connectivity index (χ4v) is 5.25. The van der Waals surface area contributed by atoms with Gasteiger partial charge in [-0.25, -0.2) is 0 Å². The van der Waals surface area contributed by atoms with Gasteiger partial charge in [0.25, 0.3) is 0 Å². The van der Waals surface area contributed by atoms with Gasteiger partial charge in [0.05, 0.1) is 20.3 Å². The number of ether oxygens (including phenoxy) is 3. The summed E-state index contributed by atoms with van der Waals surface area (Å²) in [5, 5.41) is 4.30. The molecule has 3 aromatic carbocycles. The van der Waals surface area contributed by atoms with Crippen LogP contribution >= 0.6 is 0 Å². The second-order valence-electron chi connectivity index (χ2n) is 9.96. The summed E-state index contributed by atoms with van der Waals surface area (Å²) in [4.78, 5) is 15.6. The number of methoxy groups -OCH3 is 1. The number of amides is 1. The topological polar surface area (TPSA) is 65.0 Å². The van der Waals surface area contributed by atoms with Crippen LogP contribution in [0.2, 0.25) is 0 Å². The summed E-state index contributed by atoms with van der Waals surface area (Å²) in [6, 6.07) is 24.4. The first-order chi connectivity index (χ1) is 19.1. The maximum absolute atomic E-state index is 13.2. The summed E-state index contributed by atoms with van der Waals surface area (Å²) < 4.78 is 19.4. The zero-order chi connectivity index (χ0) is 27.0. The predicted molar refractivity (Wildman–Crippen MR) is 153 cm³/mol. The lowest BCUT2D eigenvalue weighted by Crippen LogP contribution is -2.41. The number of para-hydroxylation sites is 1. The Bertz CT molecular complexity index is 1380. The Morgan fingerprint density at radius 2 is 1.77 bits per heavy atom. The van der Waals surface area contributed by atoms with Gasteiger partial charge in [-0.2, -0.15) is 0 Å². The molecule has 1 saturated heterocycles. The fraction of sp³-hybridized carbons (Fsp3) is 0.344. The number of aromatic nitrogens is 1. The van der Waals surface area contributed by atoms with Crippen LogP contribution in [-0.2, 0) is 23.2 Å². The maximum Gasteiger partial charge on any atom is 0.220 e. The third-order valence-corrected chi connectivity index (χ3v) is 7.37. The molecule has 1 aromatic heterocycles. The number of nitrogens with one attached hydrogen (secondary N) is 1. The first-order valence-corrected chi connectivity index (χ1v) is 13.6. The summed E-state index contributed by atoms with van der Waals surface area (Å²) in [7, 11) is 3.70. The molecule has 0 saturated carbocycles. The first-order valence-electron chi connectivity index (χ1n) is 13.6. The summed E-state index contributed by atoms with van der Waals surface area (Å²) >= 11 is 0. The van der Waals surface area contributed by atoms with Crippen molar-refractivity contribution >= 4 is 16.8 Å². The summed E-state index contributed by atoms with van der Waals surface area (Å²) in [5.41, 5.74) is 4.36. The average Bonchev–Trinajstić information content (AvgIpc) is 3.32. The van der Waals surface area contributed by atoms with Crippen LogP contribution in [0.1, 0.15) is 29.0 Å². The van der Waals surface area contributed by atoms with Crippen molar-refractivity contribution in [3.63, 3.8) is 0 Å². The van der Waals surface area contributed by atoms with Gasteiger partial charge in [0.1, 0.15) is 6.61 Å². The van der Waals surface area contributed by atoms with Gasteiger partial charge in [0, 0.05) is 62.7 Å². The molecule has 2 heterocycles. The number of morpholine rings is 1. The molecule has 0 radical (unpaired) electrons. The molecule has 1 amide bonds. The van der Waals surface area contributed by atoms with Crippen LogP contribution in [0.4, 0.5) is 0 Å². The second-order valence-corrected chi connectivity index (χ2v) is 9.96. The number of rotatable bonds is 11. The molecule has 39 heavy (non-hydrogen) atoms. The van der Waals surface area contributed by atoms with E-state index in [9.17, 15) is 4.79 Å². The van der Waals surface area contributed by atoms with E-state index >= 15 is 0 Å². The Labute approximate surface area is 230 Å². The average molecular weight is 528 g/mol. The minimum absolute atomic E-state index is 0.0320. The highest BCUT2D eigenvalue weighted by Gasteiger charge is 2.24. The van der Waals surface area contributed by atoms with Crippen molar-refractivity contribution in [1.82, 2.24) is 14.8 Å². The Balaban J connectivity index is 1.38. The minimum atomic E-state index is -0.142. The minimum Gasteiger partial charge on any atom is -0.493 e.